The van der Waals surface area contributed by atoms with Gasteiger partial charge in [-0.1, -0.05) is 6.07 Å². The summed E-state index contributed by atoms with van der Waals surface area (Å²) >= 11 is 0. The second kappa shape index (κ2) is 8.03. The van der Waals surface area contributed by atoms with Crippen molar-refractivity contribution >= 4 is 9.84 Å². The Morgan fingerprint density at radius 2 is 1.85 bits per heavy atom. The van der Waals surface area contributed by atoms with Crippen molar-refractivity contribution in [1.29, 1.82) is 5.26 Å². The Morgan fingerprint density at radius 1 is 1.12 bits per heavy atom. The molecule has 2 aromatic heterocycles. The number of halogens is 3. The third-order valence-electron chi connectivity index (χ3n) is 5.18. The molecule has 1 N–H and O–H groups in total. The molecule has 0 amide bonds. The van der Waals surface area contributed by atoms with Crippen LogP contribution in [0, 0.1) is 18.3 Å². The molecule has 2 heterocycles. The van der Waals surface area contributed by atoms with Crippen LogP contribution in [0.5, 0.6) is 0 Å². The zero-order chi connectivity index (χ0) is 24.8. The molecule has 0 spiro atoms. The van der Waals surface area contributed by atoms with E-state index in [0.717, 1.165) is 23.0 Å². The quantitative estimate of drug-likeness (QED) is 0.472. The molecular weight excluding hydrogens is 471 g/mol. The smallest absolute Gasteiger partial charge is 0.304 e. The Bertz CT molecular complexity index is 1620. The molecule has 0 saturated heterocycles. The van der Waals surface area contributed by atoms with Crippen LogP contribution in [0.3, 0.4) is 0 Å². The second-order valence-corrected chi connectivity index (χ2v) is 9.45. The number of aromatic amines is 1. The van der Waals surface area contributed by atoms with Crippen molar-refractivity contribution in [2.75, 3.05) is 6.26 Å². The van der Waals surface area contributed by atoms with E-state index in [-0.39, 0.29) is 27.5 Å². The minimum Gasteiger partial charge on any atom is -0.304 e. The van der Waals surface area contributed by atoms with Crippen molar-refractivity contribution in [2.24, 2.45) is 0 Å². The molecule has 0 atom stereocenters. The minimum atomic E-state index is -4.58. The van der Waals surface area contributed by atoms with E-state index >= 15 is 0 Å². The van der Waals surface area contributed by atoms with Gasteiger partial charge >= 0.3 is 11.9 Å². The number of aromatic nitrogens is 4. The fraction of sp³-hybridized carbons (Fsp3) is 0.136. The fourth-order valence-corrected chi connectivity index (χ4v) is 4.51. The average Bonchev–Trinajstić information content (AvgIpc) is 3.36. The molecule has 0 radical (unpaired) electrons. The number of imidazole rings is 1. The van der Waals surface area contributed by atoms with Crippen LogP contribution >= 0.6 is 0 Å². The Balaban J connectivity index is 1.91. The topological polar surface area (TPSA) is 114 Å². The summed E-state index contributed by atoms with van der Waals surface area (Å²) in [5, 5.41) is 13.3. The molecule has 0 fully saturated rings. The zero-order valence-electron chi connectivity index (χ0n) is 17.8. The highest BCUT2D eigenvalue weighted by Crippen LogP contribution is 2.32. The molecule has 8 nitrogen and oxygen atoms in total. The summed E-state index contributed by atoms with van der Waals surface area (Å²) in [6.45, 7) is 1.54. The lowest BCUT2D eigenvalue weighted by Gasteiger charge is -2.12. The van der Waals surface area contributed by atoms with Gasteiger partial charge in [0.25, 0.3) is 0 Å². The normalized spacial score (nSPS) is 12.0. The SMILES string of the molecule is Cc1c(-c2ccnn2-c2ccc(C#N)cc2S(C)(=O)=O)[nH]c(=O)n1-c1cccc(C(F)(F)F)c1. The minimum absolute atomic E-state index is 0.0149. The van der Waals surface area contributed by atoms with Crippen LogP contribution in [0.15, 0.2) is 64.4 Å². The Morgan fingerprint density at radius 3 is 2.50 bits per heavy atom. The third kappa shape index (κ3) is 4.01. The van der Waals surface area contributed by atoms with Gasteiger partial charge < -0.3 is 4.98 Å². The molecule has 4 rings (SSSR count). The number of rotatable bonds is 4. The molecule has 12 heteroatoms. The van der Waals surface area contributed by atoms with Gasteiger partial charge in [0, 0.05) is 6.26 Å². The molecule has 0 unspecified atom stereocenters. The van der Waals surface area contributed by atoms with Crippen LogP contribution in [0.2, 0.25) is 0 Å². The van der Waals surface area contributed by atoms with E-state index in [1.54, 1.807) is 6.92 Å². The van der Waals surface area contributed by atoms with Gasteiger partial charge in [-0.3, -0.25) is 4.57 Å². The molecule has 4 aromatic rings. The monoisotopic (exact) mass is 487 g/mol. The van der Waals surface area contributed by atoms with E-state index in [9.17, 15) is 26.4 Å². The van der Waals surface area contributed by atoms with Crippen LogP contribution < -0.4 is 5.69 Å². The van der Waals surface area contributed by atoms with Crippen molar-refractivity contribution < 1.29 is 21.6 Å². The number of benzene rings is 2. The van der Waals surface area contributed by atoms with E-state index < -0.39 is 27.3 Å². The predicted molar refractivity (Wildman–Crippen MR) is 117 cm³/mol. The summed E-state index contributed by atoms with van der Waals surface area (Å²) in [7, 11) is -3.76. The Hall–Kier alpha value is -4.11. The van der Waals surface area contributed by atoms with Crippen LogP contribution in [0.4, 0.5) is 13.2 Å². The second-order valence-electron chi connectivity index (χ2n) is 7.47. The van der Waals surface area contributed by atoms with Gasteiger partial charge in [-0.2, -0.15) is 23.5 Å². The lowest BCUT2D eigenvalue weighted by Crippen LogP contribution is -2.16. The number of hydrogen-bond donors (Lipinski definition) is 1. The highest BCUT2D eigenvalue weighted by molar-refractivity contribution is 7.90. The van der Waals surface area contributed by atoms with Gasteiger partial charge in [0.2, 0.25) is 0 Å². The summed E-state index contributed by atoms with van der Waals surface area (Å²) in [6, 6.07) is 11.8. The summed E-state index contributed by atoms with van der Waals surface area (Å²) in [4.78, 5) is 15.2. The maximum atomic E-state index is 13.2. The van der Waals surface area contributed by atoms with E-state index in [4.69, 9.17) is 5.26 Å². The van der Waals surface area contributed by atoms with Crippen molar-refractivity contribution in [3.63, 3.8) is 0 Å². The van der Waals surface area contributed by atoms with E-state index in [1.165, 1.54) is 47.3 Å². The van der Waals surface area contributed by atoms with E-state index in [1.807, 2.05) is 6.07 Å². The molecule has 174 valence electrons. The lowest BCUT2D eigenvalue weighted by molar-refractivity contribution is -0.137. The molecule has 0 saturated carbocycles. The first-order chi connectivity index (χ1) is 15.9. The first-order valence-corrected chi connectivity index (χ1v) is 11.6. The number of nitriles is 1. The molecule has 0 bridgehead atoms. The number of sulfone groups is 1. The van der Waals surface area contributed by atoms with Gasteiger partial charge in [0.15, 0.2) is 9.84 Å². The molecule has 0 aliphatic rings. The highest BCUT2D eigenvalue weighted by Gasteiger charge is 2.31. The van der Waals surface area contributed by atoms with Crippen molar-refractivity contribution in [2.45, 2.75) is 18.0 Å². The van der Waals surface area contributed by atoms with Crippen LogP contribution in [-0.4, -0.2) is 34.0 Å². The Labute approximate surface area is 191 Å². The molecular formula is C22H16F3N5O3S. The fourth-order valence-electron chi connectivity index (χ4n) is 3.64. The molecule has 34 heavy (non-hydrogen) atoms. The van der Waals surface area contributed by atoms with Gasteiger partial charge in [-0.25, -0.2) is 17.9 Å². The van der Waals surface area contributed by atoms with Crippen LogP contribution in [-0.2, 0) is 16.0 Å². The van der Waals surface area contributed by atoms with Crippen molar-refractivity contribution in [3.05, 3.63) is 82.0 Å². The molecule has 0 aliphatic carbocycles. The summed E-state index contributed by atoms with van der Waals surface area (Å²) in [6.07, 6.45) is -2.20. The average molecular weight is 487 g/mol. The zero-order valence-corrected chi connectivity index (χ0v) is 18.6. The summed E-state index contributed by atoms with van der Waals surface area (Å²) in [5.41, 5.74) is -0.450. The number of alkyl halides is 3. The Kier molecular flexibility index (Phi) is 5.45. The predicted octanol–water partition coefficient (Wildman–Crippen LogP) is 3.62. The van der Waals surface area contributed by atoms with Gasteiger partial charge in [0.05, 0.1) is 56.7 Å². The first-order valence-electron chi connectivity index (χ1n) is 9.70. The maximum Gasteiger partial charge on any atom is 0.416 e. The number of nitrogens with one attached hydrogen (secondary N) is 1. The standard InChI is InChI=1S/C22H16F3N5O3S/c1-13-20(28-21(31)29(13)16-5-3-4-15(11-16)22(23,24)25)18-8-9-27-30(18)17-7-6-14(12-26)10-19(17)34(2,32)33/h3-11H,1-2H3,(H,28,31). The van der Waals surface area contributed by atoms with E-state index in [0.29, 0.717) is 11.4 Å². The lowest BCUT2D eigenvalue weighted by atomic mass is 10.2. The number of nitrogens with zero attached hydrogens (tertiary/aromatic N) is 4. The third-order valence-corrected chi connectivity index (χ3v) is 6.31. The van der Waals surface area contributed by atoms with Gasteiger partial charge in [-0.15, -0.1) is 0 Å². The van der Waals surface area contributed by atoms with Crippen LogP contribution in [0.25, 0.3) is 22.8 Å². The largest absolute Gasteiger partial charge is 0.416 e. The van der Waals surface area contributed by atoms with Gasteiger partial charge in [0.1, 0.15) is 0 Å². The molecule has 0 aliphatic heterocycles. The number of H-pyrrole nitrogens is 1. The number of hydrogen-bond acceptors (Lipinski definition) is 5. The van der Waals surface area contributed by atoms with Gasteiger partial charge in [-0.05, 0) is 49.4 Å². The van der Waals surface area contributed by atoms with Crippen LogP contribution in [0.1, 0.15) is 16.8 Å². The van der Waals surface area contributed by atoms with Crippen molar-refractivity contribution in [3.8, 4) is 28.8 Å². The first kappa shape index (κ1) is 23.1. The highest BCUT2D eigenvalue weighted by atomic mass is 32.2. The van der Waals surface area contributed by atoms with E-state index in [2.05, 4.69) is 10.1 Å². The maximum absolute atomic E-state index is 13.2. The van der Waals surface area contributed by atoms with Crippen molar-refractivity contribution in [1.82, 2.24) is 19.3 Å². The summed E-state index contributed by atoms with van der Waals surface area (Å²) in [5.74, 6) is 0. The molecule has 2 aromatic carbocycles. The summed E-state index contributed by atoms with van der Waals surface area (Å²) < 4.78 is 66.6.